The maximum absolute atomic E-state index is 15.9. The number of carboxylic acids is 1. The molecule has 0 spiro atoms. The Balaban J connectivity index is 1.63. The van der Waals surface area contributed by atoms with Gasteiger partial charge >= 0.3 is 5.97 Å². The number of rotatable bonds is 5. The van der Waals surface area contributed by atoms with Crippen molar-refractivity contribution in [3.05, 3.63) is 63.7 Å². The van der Waals surface area contributed by atoms with E-state index in [9.17, 15) is 19.1 Å². The molecule has 1 aliphatic heterocycles. The van der Waals surface area contributed by atoms with Crippen LogP contribution in [0.5, 0.6) is 0 Å². The summed E-state index contributed by atoms with van der Waals surface area (Å²) in [5, 5.41) is 8.79. The molecule has 3 aromatic rings. The average molecular weight is 473 g/mol. The lowest BCUT2D eigenvalue weighted by Crippen LogP contribution is -2.29. The van der Waals surface area contributed by atoms with Crippen LogP contribution in [0.15, 0.2) is 35.4 Å². The number of alkyl halides is 1. The maximum Gasteiger partial charge on any atom is 0.341 e. The van der Waals surface area contributed by atoms with Crippen LogP contribution in [-0.4, -0.2) is 39.9 Å². The van der Waals surface area contributed by atoms with Crippen LogP contribution in [0.3, 0.4) is 0 Å². The fraction of sp³-hybridized carbons (Fsp3) is 0.348. The molecule has 2 aromatic heterocycles. The summed E-state index contributed by atoms with van der Waals surface area (Å²) in [6.45, 7) is 0.486. The lowest BCUT2D eigenvalue weighted by Gasteiger charge is -2.25. The van der Waals surface area contributed by atoms with Crippen molar-refractivity contribution in [3.63, 3.8) is 0 Å². The Morgan fingerprint density at radius 1 is 1.26 bits per heavy atom. The van der Waals surface area contributed by atoms with Crippen LogP contribution in [0.4, 0.5) is 24.5 Å². The smallest absolute Gasteiger partial charge is 0.341 e. The van der Waals surface area contributed by atoms with Crippen LogP contribution in [0.1, 0.15) is 41.0 Å². The molecule has 1 saturated carbocycles. The number of carboxylic acid groups (broad SMARTS) is 1. The fourth-order valence-corrected chi connectivity index (χ4v) is 4.78. The molecule has 34 heavy (non-hydrogen) atoms. The SMILES string of the molecule is Nc1c(F)c(N2CCC([C@@H](N)c3ccccn3)C2)c(F)c2c1c(=O)c(C(=O)O)cn2[C@@H]1C[C@@H]1F. The normalized spacial score (nSPS) is 22.8. The number of anilines is 2. The molecule has 1 saturated heterocycles. The van der Waals surface area contributed by atoms with E-state index < -0.39 is 69.1 Å². The molecule has 4 atom stereocenters. The van der Waals surface area contributed by atoms with Crippen molar-refractivity contribution in [2.75, 3.05) is 23.7 Å². The number of hydrogen-bond donors (Lipinski definition) is 3. The van der Waals surface area contributed by atoms with Crippen molar-refractivity contribution in [2.45, 2.75) is 31.1 Å². The van der Waals surface area contributed by atoms with Crippen molar-refractivity contribution < 1.29 is 23.1 Å². The fourth-order valence-electron chi connectivity index (χ4n) is 4.78. The number of pyridine rings is 2. The minimum absolute atomic E-state index is 0.0216. The summed E-state index contributed by atoms with van der Waals surface area (Å²) >= 11 is 0. The van der Waals surface area contributed by atoms with Crippen molar-refractivity contribution >= 4 is 28.2 Å². The molecule has 1 aromatic carbocycles. The van der Waals surface area contributed by atoms with E-state index >= 15 is 8.78 Å². The first-order chi connectivity index (χ1) is 16.2. The van der Waals surface area contributed by atoms with Crippen molar-refractivity contribution in [1.82, 2.24) is 9.55 Å². The van der Waals surface area contributed by atoms with Crippen LogP contribution in [0, 0.1) is 17.6 Å². The van der Waals surface area contributed by atoms with E-state index in [0.717, 1.165) is 10.8 Å². The number of nitrogen functional groups attached to an aromatic ring is 1. The maximum atomic E-state index is 15.9. The number of carbonyl (C=O) groups is 1. The molecule has 0 amide bonds. The van der Waals surface area contributed by atoms with Crippen LogP contribution < -0.4 is 21.8 Å². The Labute approximate surface area is 191 Å². The largest absolute Gasteiger partial charge is 0.477 e. The molecule has 5 N–H and O–H groups in total. The van der Waals surface area contributed by atoms with Crippen LogP contribution in [-0.2, 0) is 0 Å². The summed E-state index contributed by atoms with van der Waals surface area (Å²) in [5.74, 6) is -3.98. The second kappa shape index (κ2) is 8.01. The first-order valence-corrected chi connectivity index (χ1v) is 10.8. The molecule has 3 heterocycles. The van der Waals surface area contributed by atoms with E-state index in [1.807, 2.05) is 0 Å². The third kappa shape index (κ3) is 3.38. The highest BCUT2D eigenvalue weighted by atomic mass is 19.1. The number of fused-ring (bicyclic) bond motifs is 1. The molecule has 1 unspecified atom stereocenters. The lowest BCUT2D eigenvalue weighted by molar-refractivity contribution is 0.0694. The van der Waals surface area contributed by atoms with E-state index in [2.05, 4.69) is 4.98 Å². The Morgan fingerprint density at radius 3 is 2.62 bits per heavy atom. The Morgan fingerprint density at radius 2 is 2.00 bits per heavy atom. The highest BCUT2D eigenvalue weighted by Crippen LogP contribution is 2.44. The van der Waals surface area contributed by atoms with Gasteiger partial charge in [0.25, 0.3) is 0 Å². The monoisotopic (exact) mass is 473 g/mol. The molecule has 2 aliphatic rings. The van der Waals surface area contributed by atoms with Crippen molar-refractivity contribution in [1.29, 1.82) is 0 Å². The zero-order valence-corrected chi connectivity index (χ0v) is 17.9. The topological polar surface area (TPSA) is 127 Å². The second-order valence-electron chi connectivity index (χ2n) is 8.79. The molecular weight excluding hydrogens is 451 g/mol. The highest BCUT2D eigenvalue weighted by Gasteiger charge is 2.42. The molecule has 0 bridgehead atoms. The van der Waals surface area contributed by atoms with Gasteiger partial charge in [0.1, 0.15) is 17.4 Å². The quantitative estimate of drug-likeness (QED) is 0.486. The Hall–Kier alpha value is -3.60. The number of aromatic carboxylic acids is 1. The summed E-state index contributed by atoms with van der Waals surface area (Å²) in [6.07, 6.45) is 1.74. The molecule has 178 valence electrons. The Kier molecular flexibility index (Phi) is 5.23. The van der Waals surface area contributed by atoms with Gasteiger partial charge < -0.3 is 26.0 Å². The van der Waals surface area contributed by atoms with Crippen molar-refractivity contribution in [3.8, 4) is 0 Å². The van der Waals surface area contributed by atoms with Gasteiger partial charge in [0.15, 0.2) is 11.6 Å². The van der Waals surface area contributed by atoms with Gasteiger partial charge in [0.2, 0.25) is 5.43 Å². The Bertz CT molecular complexity index is 1360. The van der Waals surface area contributed by atoms with Gasteiger partial charge in [-0.3, -0.25) is 9.78 Å². The third-order valence-corrected chi connectivity index (χ3v) is 6.71. The predicted octanol–water partition coefficient (Wildman–Crippen LogP) is 2.76. The summed E-state index contributed by atoms with van der Waals surface area (Å²) < 4.78 is 46.3. The summed E-state index contributed by atoms with van der Waals surface area (Å²) in [7, 11) is 0. The molecule has 5 rings (SSSR count). The van der Waals surface area contributed by atoms with Gasteiger partial charge in [-0.1, -0.05) is 6.07 Å². The summed E-state index contributed by atoms with van der Waals surface area (Å²) in [5.41, 5.74) is 9.59. The lowest BCUT2D eigenvalue weighted by atomic mass is 9.96. The highest BCUT2D eigenvalue weighted by molar-refractivity contribution is 5.99. The number of halogens is 3. The first-order valence-electron chi connectivity index (χ1n) is 10.8. The number of nitrogens with two attached hydrogens (primary N) is 2. The number of nitrogens with zero attached hydrogens (tertiary/aromatic N) is 3. The van der Waals surface area contributed by atoms with E-state index in [-0.39, 0.29) is 25.4 Å². The zero-order chi connectivity index (χ0) is 24.3. The third-order valence-electron chi connectivity index (χ3n) is 6.71. The van der Waals surface area contributed by atoms with E-state index in [1.54, 1.807) is 24.4 Å². The second-order valence-corrected chi connectivity index (χ2v) is 8.79. The van der Waals surface area contributed by atoms with E-state index in [4.69, 9.17) is 11.5 Å². The molecule has 11 heteroatoms. The van der Waals surface area contributed by atoms with E-state index in [1.165, 1.54) is 4.90 Å². The molecule has 0 radical (unpaired) electrons. The van der Waals surface area contributed by atoms with Crippen LogP contribution >= 0.6 is 0 Å². The standard InChI is InChI=1S/C23H22F3N5O3/c24-12-7-14(12)31-9-11(23(33)34)22(32)15-19(28)16(25)21(17(26)20(15)31)30-6-4-10(8-30)18(27)13-3-1-2-5-29-13/h1-3,5,9-10,12,14,18H,4,6-8,27-28H2,(H,33,34)/t10?,12-,14+,18+/m0/s1. The van der Waals surface area contributed by atoms with Gasteiger partial charge in [-0.2, -0.15) is 0 Å². The minimum atomic E-state index is -1.59. The van der Waals surface area contributed by atoms with Gasteiger partial charge in [0.05, 0.1) is 34.4 Å². The van der Waals surface area contributed by atoms with Gasteiger partial charge in [-0.25, -0.2) is 18.0 Å². The summed E-state index contributed by atoms with van der Waals surface area (Å²) in [6, 6.07) is 4.03. The van der Waals surface area contributed by atoms with Crippen molar-refractivity contribution in [2.24, 2.45) is 11.7 Å². The molecule has 1 aliphatic carbocycles. The summed E-state index contributed by atoms with van der Waals surface area (Å²) in [4.78, 5) is 30.0. The average Bonchev–Trinajstić information content (AvgIpc) is 3.35. The number of hydrogen-bond acceptors (Lipinski definition) is 6. The number of aromatic nitrogens is 2. The molecule has 8 nitrogen and oxygen atoms in total. The molecule has 2 fully saturated rings. The first kappa shape index (κ1) is 22.2. The van der Waals surface area contributed by atoms with Gasteiger partial charge in [-0.05, 0) is 24.5 Å². The van der Waals surface area contributed by atoms with Crippen LogP contribution in [0.2, 0.25) is 0 Å². The molecular formula is C23H22F3N5O3. The van der Waals surface area contributed by atoms with Gasteiger partial charge in [-0.15, -0.1) is 0 Å². The minimum Gasteiger partial charge on any atom is -0.477 e. The van der Waals surface area contributed by atoms with E-state index in [0.29, 0.717) is 12.1 Å². The predicted molar refractivity (Wildman–Crippen MR) is 120 cm³/mol. The van der Waals surface area contributed by atoms with Gasteiger partial charge in [0, 0.05) is 31.9 Å². The zero-order valence-electron chi connectivity index (χ0n) is 17.9. The number of benzene rings is 1. The van der Waals surface area contributed by atoms with Crippen LogP contribution in [0.25, 0.3) is 10.9 Å².